The number of carbonyl (C=O) groups excluding carboxylic acids is 1. The van der Waals surface area contributed by atoms with Gasteiger partial charge >= 0.3 is 6.18 Å². The van der Waals surface area contributed by atoms with Crippen molar-refractivity contribution in [1.29, 1.82) is 0 Å². The van der Waals surface area contributed by atoms with Gasteiger partial charge in [0.2, 0.25) is 0 Å². The molecule has 0 aliphatic carbocycles. The summed E-state index contributed by atoms with van der Waals surface area (Å²) in [7, 11) is 0. The van der Waals surface area contributed by atoms with Crippen LogP contribution in [-0.2, 0) is 0 Å². The molecular formula is C18H11ClF3NOS. The van der Waals surface area contributed by atoms with Crippen molar-refractivity contribution in [3.05, 3.63) is 69.9 Å². The largest absolute Gasteiger partial charge is 0.454 e. The molecule has 25 heavy (non-hydrogen) atoms. The smallest absolute Gasteiger partial charge is 0.354 e. The molecule has 0 atom stereocenters. The van der Waals surface area contributed by atoms with Crippen LogP contribution >= 0.6 is 22.9 Å². The molecule has 0 spiro atoms. The van der Waals surface area contributed by atoms with Crippen LogP contribution in [0.2, 0.25) is 5.02 Å². The molecule has 3 rings (SSSR count). The Kier molecular flexibility index (Phi) is 4.83. The Morgan fingerprint density at radius 1 is 1.04 bits per heavy atom. The van der Waals surface area contributed by atoms with Gasteiger partial charge in [0.1, 0.15) is 0 Å². The van der Waals surface area contributed by atoms with E-state index in [1.807, 2.05) is 16.8 Å². The summed E-state index contributed by atoms with van der Waals surface area (Å²) in [6.07, 6.45) is -4.92. The van der Waals surface area contributed by atoms with Crippen molar-refractivity contribution in [2.45, 2.75) is 6.18 Å². The summed E-state index contributed by atoms with van der Waals surface area (Å²) < 4.78 is 38.2. The summed E-state index contributed by atoms with van der Waals surface area (Å²) in [6.45, 7) is 0. The molecule has 0 saturated heterocycles. The molecular weight excluding hydrogens is 371 g/mol. The molecule has 0 amide bonds. The number of anilines is 2. The maximum Gasteiger partial charge on any atom is 0.454 e. The van der Waals surface area contributed by atoms with Crippen molar-refractivity contribution in [3.63, 3.8) is 0 Å². The molecule has 0 radical (unpaired) electrons. The second-order valence-electron chi connectivity index (χ2n) is 5.23. The number of thiophene rings is 1. The van der Waals surface area contributed by atoms with Gasteiger partial charge in [0.15, 0.2) is 0 Å². The van der Waals surface area contributed by atoms with Crippen molar-refractivity contribution >= 4 is 40.1 Å². The van der Waals surface area contributed by atoms with Crippen LogP contribution < -0.4 is 5.32 Å². The number of ketones is 1. The molecule has 0 aliphatic rings. The fourth-order valence-corrected chi connectivity index (χ4v) is 3.03. The molecule has 0 unspecified atom stereocenters. The van der Waals surface area contributed by atoms with Gasteiger partial charge in [-0.2, -0.15) is 24.5 Å². The molecule has 1 aromatic heterocycles. The van der Waals surface area contributed by atoms with E-state index in [-0.39, 0.29) is 0 Å². The van der Waals surface area contributed by atoms with Crippen molar-refractivity contribution < 1.29 is 18.0 Å². The topological polar surface area (TPSA) is 29.1 Å². The number of Topliss-reactive ketones (excluding diaryl/α,β-unsaturated/α-hetero) is 1. The van der Waals surface area contributed by atoms with Gasteiger partial charge in [-0.05, 0) is 47.3 Å². The highest BCUT2D eigenvalue weighted by molar-refractivity contribution is 7.08. The predicted octanol–water partition coefficient (Wildman–Crippen LogP) is 6.56. The Hall–Kier alpha value is -2.31. The molecule has 0 aliphatic heterocycles. The van der Waals surface area contributed by atoms with E-state index in [0.717, 1.165) is 5.69 Å². The summed E-state index contributed by atoms with van der Waals surface area (Å²) >= 11 is 7.37. The van der Waals surface area contributed by atoms with E-state index in [1.165, 1.54) is 29.5 Å². The first-order valence-corrected chi connectivity index (χ1v) is 8.47. The van der Waals surface area contributed by atoms with Crippen LogP contribution in [0.1, 0.15) is 10.4 Å². The minimum atomic E-state index is -4.92. The minimum Gasteiger partial charge on any atom is -0.354 e. The Morgan fingerprint density at radius 2 is 1.76 bits per heavy atom. The van der Waals surface area contributed by atoms with E-state index in [0.29, 0.717) is 21.8 Å². The van der Waals surface area contributed by atoms with E-state index >= 15 is 0 Å². The SMILES string of the molecule is O=C(c1ccc(Nc2ccsc2)c(-c2ccc(Cl)cc2)c1)C(F)(F)F. The Bertz CT molecular complexity index is 890. The van der Waals surface area contributed by atoms with Gasteiger partial charge in [0.25, 0.3) is 5.78 Å². The van der Waals surface area contributed by atoms with Crippen molar-refractivity contribution in [2.24, 2.45) is 0 Å². The summed E-state index contributed by atoms with van der Waals surface area (Å²) in [5, 5.41) is 7.42. The molecule has 0 saturated carbocycles. The van der Waals surface area contributed by atoms with E-state index in [9.17, 15) is 18.0 Å². The molecule has 128 valence electrons. The van der Waals surface area contributed by atoms with Crippen LogP contribution in [0.25, 0.3) is 11.1 Å². The fourth-order valence-electron chi connectivity index (χ4n) is 2.32. The second-order valence-corrected chi connectivity index (χ2v) is 6.45. The zero-order valence-electron chi connectivity index (χ0n) is 12.6. The Labute approximate surface area is 150 Å². The lowest BCUT2D eigenvalue weighted by atomic mass is 9.99. The van der Waals surface area contributed by atoms with Crippen LogP contribution in [0.3, 0.4) is 0 Å². The van der Waals surface area contributed by atoms with Gasteiger partial charge in [-0.25, -0.2) is 0 Å². The number of halogens is 4. The lowest BCUT2D eigenvalue weighted by molar-refractivity contribution is -0.0885. The maximum absolute atomic E-state index is 12.7. The molecule has 3 aromatic rings. The third-order valence-electron chi connectivity index (χ3n) is 3.49. The average Bonchev–Trinajstić information content (AvgIpc) is 3.08. The normalized spacial score (nSPS) is 11.4. The van der Waals surface area contributed by atoms with Crippen LogP contribution in [-0.4, -0.2) is 12.0 Å². The zero-order chi connectivity index (χ0) is 18.0. The van der Waals surface area contributed by atoms with Gasteiger partial charge in [0, 0.05) is 32.9 Å². The number of rotatable bonds is 4. The lowest BCUT2D eigenvalue weighted by Crippen LogP contribution is -2.22. The minimum absolute atomic E-state index is 0.409. The molecule has 0 fully saturated rings. The molecule has 1 N–H and O–H groups in total. The lowest BCUT2D eigenvalue weighted by Gasteiger charge is -2.14. The summed E-state index contributed by atoms with van der Waals surface area (Å²) in [6, 6.07) is 12.4. The Balaban J connectivity index is 2.08. The quantitative estimate of drug-likeness (QED) is 0.519. The number of carbonyl (C=O) groups is 1. The van der Waals surface area contributed by atoms with Gasteiger partial charge in [-0.3, -0.25) is 4.79 Å². The van der Waals surface area contributed by atoms with Gasteiger partial charge < -0.3 is 5.32 Å². The highest BCUT2D eigenvalue weighted by Crippen LogP contribution is 2.34. The van der Waals surface area contributed by atoms with Crippen LogP contribution in [0, 0.1) is 0 Å². The summed E-state index contributed by atoms with van der Waals surface area (Å²) in [5.41, 5.74) is 2.14. The summed E-state index contributed by atoms with van der Waals surface area (Å²) in [4.78, 5) is 11.6. The third-order valence-corrected chi connectivity index (χ3v) is 4.43. The molecule has 2 nitrogen and oxygen atoms in total. The summed E-state index contributed by atoms with van der Waals surface area (Å²) in [5.74, 6) is -1.87. The van der Waals surface area contributed by atoms with Crippen LogP contribution in [0.15, 0.2) is 59.3 Å². The number of alkyl halides is 3. The van der Waals surface area contributed by atoms with Crippen molar-refractivity contribution in [3.8, 4) is 11.1 Å². The van der Waals surface area contributed by atoms with E-state index in [4.69, 9.17) is 11.6 Å². The first kappa shape index (κ1) is 17.5. The van der Waals surface area contributed by atoms with E-state index in [2.05, 4.69) is 5.32 Å². The number of hydrogen-bond donors (Lipinski definition) is 1. The first-order valence-electron chi connectivity index (χ1n) is 7.15. The zero-order valence-corrected chi connectivity index (χ0v) is 14.2. The molecule has 1 heterocycles. The maximum atomic E-state index is 12.7. The van der Waals surface area contributed by atoms with E-state index in [1.54, 1.807) is 24.3 Å². The van der Waals surface area contributed by atoms with Crippen molar-refractivity contribution in [1.82, 2.24) is 0 Å². The molecule has 7 heteroatoms. The van der Waals surface area contributed by atoms with Gasteiger partial charge in [-0.15, -0.1) is 0 Å². The third kappa shape index (κ3) is 4.03. The van der Waals surface area contributed by atoms with E-state index < -0.39 is 17.5 Å². The Morgan fingerprint density at radius 3 is 2.36 bits per heavy atom. The highest BCUT2D eigenvalue weighted by atomic mass is 35.5. The number of hydrogen-bond acceptors (Lipinski definition) is 3. The molecule has 2 aromatic carbocycles. The van der Waals surface area contributed by atoms with Crippen LogP contribution in [0.4, 0.5) is 24.5 Å². The van der Waals surface area contributed by atoms with Gasteiger partial charge in [-0.1, -0.05) is 23.7 Å². The fraction of sp³-hybridized carbons (Fsp3) is 0.0556. The van der Waals surface area contributed by atoms with Crippen LogP contribution in [0.5, 0.6) is 0 Å². The predicted molar refractivity (Wildman–Crippen MR) is 94.9 cm³/mol. The standard InChI is InChI=1S/C18H11ClF3NOS/c19-13-4-1-11(2-5-13)15-9-12(17(24)18(20,21)22)3-6-16(15)23-14-7-8-25-10-14/h1-10,23H. The number of nitrogens with one attached hydrogen (secondary N) is 1. The monoisotopic (exact) mass is 381 g/mol. The van der Waals surface area contributed by atoms with Gasteiger partial charge in [0.05, 0.1) is 0 Å². The average molecular weight is 382 g/mol. The first-order chi connectivity index (χ1) is 11.8. The second kappa shape index (κ2) is 6.90. The molecule has 0 bridgehead atoms. The van der Waals surface area contributed by atoms with Crippen molar-refractivity contribution in [2.75, 3.05) is 5.32 Å². The highest BCUT2D eigenvalue weighted by Gasteiger charge is 2.39. The number of benzene rings is 2.